The Morgan fingerprint density at radius 2 is 1.50 bits per heavy atom. The Morgan fingerprint density at radius 1 is 1.12 bits per heavy atom. The van der Waals surface area contributed by atoms with Crippen molar-refractivity contribution in [3.05, 3.63) is 5.32 Å². The minimum absolute atomic E-state index is 0. The van der Waals surface area contributed by atoms with Gasteiger partial charge in [-0.25, -0.2) is 0 Å². The molecule has 0 saturated heterocycles. The second-order valence-corrected chi connectivity index (χ2v) is 0.948. The van der Waals surface area contributed by atoms with Gasteiger partial charge in [-0.1, -0.05) is 13.1 Å². The van der Waals surface area contributed by atoms with Crippen molar-refractivity contribution in [3.8, 4) is 24.7 Å². The summed E-state index contributed by atoms with van der Waals surface area (Å²) in [5.41, 5.74) is 0. The Balaban J connectivity index is 0. The van der Waals surface area contributed by atoms with Gasteiger partial charge in [0.25, 0.3) is 0 Å². The molecule has 0 N–H and O–H groups in total. The average Bonchev–Trinajstić information content (AvgIpc) is 1.69. The van der Waals surface area contributed by atoms with Crippen LogP contribution in [0.1, 0.15) is 0 Å². The zero-order valence-corrected chi connectivity index (χ0v) is 5.02. The van der Waals surface area contributed by atoms with Gasteiger partial charge in [-0.3, -0.25) is 0 Å². The topological polar surface area (TPSA) is 14.1 Å². The molecule has 0 rings (SSSR count). The maximum absolute atomic E-state index is 4.86. The summed E-state index contributed by atoms with van der Waals surface area (Å²) in [5.74, 6) is 4.68. The Bertz CT molecular complexity index is 92.7. The molecule has 0 heterocycles. The first-order valence-corrected chi connectivity index (χ1v) is 1.92. The van der Waals surface area contributed by atoms with E-state index < -0.39 is 0 Å². The van der Waals surface area contributed by atoms with Gasteiger partial charge < -0.3 is 5.32 Å². The third-order valence-corrected chi connectivity index (χ3v) is 0.406. The molecule has 0 aliphatic heterocycles. The molecule has 0 spiro atoms. The summed E-state index contributed by atoms with van der Waals surface area (Å²) < 4.78 is 0. The number of rotatable bonds is 2. The molecule has 0 aliphatic carbocycles. The van der Waals surface area contributed by atoms with Crippen LogP contribution in [0, 0.1) is 24.7 Å². The molecule has 1 nitrogen and oxygen atoms in total. The van der Waals surface area contributed by atoms with E-state index >= 15 is 0 Å². The normalized spacial score (nSPS) is 5.75. The Kier molecular flexibility index (Phi) is 13.1. The molecule has 0 amide bonds. The third kappa shape index (κ3) is 9.18. The minimum atomic E-state index is 0. The zero-order valence-electron chi connectivity index (χ0n) is 5.02. The Hall–Kier alpha value is -0.323. The summed E-state index contributed by atoms with van der Waals surface area (Å²) in [6.45, 7) is 0.869. The quantitative estimate of drug-likeness (QED) is 0.209. The van der Waals surface area contributed by atoms with Gasteiger partial charge in [-0.15, -0.1) is 24.7 Å². The van der Waals surface area contributed by atoms with Crippen molar-refractivity contribution in [1.82, 2.24) is 0 Å². The largest absolute Gasteiger partial charge is 1.00 e. The van der Waals surface area contributed by atoms with E-state index in [9.17, 15) is 0 Å². The van der Waals surface area contributed by atoms with E-state index in [1.807, 2.05) is 0 Å². The standard InChI is InChI=1S/C6H6N.Li/c1-3-5-7-6-4-2;/h1-2H,5-6H2;/q-1;+1. The SMILES string of the molecule is C#CC[N-]CC#C.[Li+]. The van der Waals surface area contributed by atoms with Crippen LogP contribution in [-0.2, 0) is 0 Å². The number of terminal acetylenes is 2. The molecule has 8 heavy (non-hydrogen) atoms. The molecule has 0 aromatic rings. The molecule has 0 aromatic heterocycles. The first-order valence-electron chi connectivity index (χ1n) is 1.92. The van der Waals surface area contributed by atoms with E-state index in [-0.39, 0.29) is 18.9 Å². The molecule has 0 radical (unpaired) electrons. The molecule has 0 saturated carbocycles. The van der Waals surface area contributed by atoms with E-state index in [0.29, 0.717) is 13.1 Å². The van der Waals surface area contributed by atoms with Crippen molar-refractivity contribution in [2.45, 2.75) is 0 Å². The number of hydrogen-bond acceptors (Lipinski definition) is 0. The van der Waals surface area contributed by atoms with Gasteiger partial charge in [-0.05, 0) is 0 Å². The maximum atomic E-state index is 4.86. The Labute approximate surface area is 62.4 Å². The second-order valence-electron chi connectivity index (χ2n) is 0.948. The predicted octanol–water partition coefficient (Wildman–Crippen LogP) is -2.37. The van der Waals surface area contributed by atoms with Gasteiger partial charge in [0.15, 0.2) is 0 Å². The van der Waals surface area contributed by atoms with Crippen molar-refractivity contribution in [1.29, 1.82) is 0 Å². The van der Waals surface area contributed by atoms with Crippen molar-refractivity contribution >= 4 is 0 Å². The van der Waals surface area contributed by atoms with Crippen LogP contribution in [-0.4, -0.2) is 13.1 Å². The van der Waals surface area contributed by atoms with E-state index in [2.05, 4.69) is 17.2 Å². The molecule has 0 unspecified atom stereocenters. The third-order valence-electron chi connectivity index (χ3n) is 0.406. The van der Waals surface area contributed by atoms with Crippen LogP contribution in [0.2, 0.25) is 0 Å². The van der Waals surface area contributed by atoms with Crippen molar-refractivity contribution in [3.63, 3.8) is 0 Å². The molecule has 36 valence electrons. The molecular formula is C6H6LiN. The fourth-order valence-corrected chi connectivity index (χ4v) is 0.185. The Morgan fingerprint density at radius 3 is 1.75 bits per heavy atom. The van der Waals surface area contributed by atoms with Gasteiger partial charge >= 0.3 is 18.9 Å². The van der Waals surface area contributed by atoms with Crippen molar-refractivity contribution < 1.29 is 18.9 Å². The molecule has 2 heteroatoms. The average molecular weight is 99.1 g/mol. The molecule has 0 fully saturated rings. The molecule has 0 aliphatic rings. The first kappa shape index (κ1) is 10.6. The smallest absolute Gasteiger partial charge is 0.642 e. The van der Waals surface area contributed by atoms with Crippen molar-refractivity contribution in [2.24, 2.45) is 0 Å². The van der Waals surface area contributed by atoms with Crippen LogP contribution in [0.15, 0.2) is 0 Å². The second kappa shape index (κ2) is 9.84. The maximum Gasteiger partial charge on any atom is 1.00 e. The summed E-state index contributed by atoms with van der Waals surface area (Å²) in [6, 6.07) is 0. The van der Waals surface area contributed by atoms with E-state index in [1.165, 1.54) is 0 Å². The summed E-state index contributed by atoms with van der Waals surface area (Å²) in [4.78, 5) is 0. The van der Waals surface area contributed by atoms with E-state index in [1.54, 1.807) is 0 Å². The summed E-state index contributed by atoms with van der Waals surface area (Å²) >= 11 is 0. The fraction of sp³-hybridized carbons (Fsp3) is 0.333. The van der Waals surface area contributed by atoms with Gasteiger partial charge in [-0.2, -0.15) is 0 Å². The van der Waals surface area contributed by atoms with Gasteiger partial charge in [0, 0.05) is 0 Å². The van der Waals surface area contributed by atoms with Crippen molar-refractivity contribution in [2.75, 3.05) is 13.1 Å². The fourth-order valence-electron chi connectivity index (χ4n) is 0.185. The zero-order chi connectivity index (χ0) is 5.54. The van der Waals surface area contributed by atoms with Gasteiger partial charge in [0.2, 0.25) is 0 Å². The minimum Gasteiger partial charge on any atom is -0.642 e. The predicted molar refractivity (Wildman–Crippen MR) is 30.8 cm³/mol. The van der Waals surface area contributed by atoms with Crippen LogP contribution >= 0.6 is 0 Å². The summed E-state index contributed by atoms with van der Waals surface area (Å²) in [5, 5.41) is 3.74. The van der Waals surface area contributed by atoms with Crippen LogP contribution in [0.25, 0.3) is 5.32 Å². The monoisotopic (exact) mass is 99.1 g/mol. The molecule has 0 atom stereocenters. The number of nitrogens with zero attached hydrogens (tertiary/aromatic N) is 1. The molecule has 0 aromatic carbocycles. The molecular weight excluding hydrogens is 93.0 g/mol. The van der Waals surface area contributed by atoms with Crippen LogP contribution < -0.4 is 18.9 Å². The van der Waals surface area contributed by atoms with Gasteiger partial charge in [0.1, 0.15) is 0 Å². The summed E-state index contributed by atoms with van der Waals surface area (Å²) in [7, 11) is 0. The van der Waals surface area contributed by atoms with E-state index in [4.69, 9.17) is 12.8 Å². The number of hydrogen-bond donors (Lipinski definition) is 0. The van der Waals surface area contributed by atoms with E-state index in [0.717, 1.165) is 0 Å². The van der Waals surface area contributed by atoms with Crippen LogP contribution in [0.5, 0.6) is 0 Å². The summed E-state index contributed by atoms with van der Waals surface area (Å²) in [6.07, 6.45) is 9.71. The van der Waals surface area contributed by atoms with Gasteiger partial charge in [0.05, 0.1) is 0 Å². The van der Waals surface area contributed by atoms with Crippen LogP contribution in [0.3, 0.4) is 0 Å². The first-order chi connectivity index (χ1) is 3.41. The molecule has 0 bridgehead atoms. The van der Waals surface area contributed by atoms with Crippen LogP contribution in [0.4, 0.5) is 0 Å².